The van der Waals surface area contributed by atoms with Gasteiger partial charge < -0.3 is 24.4 Å². The van der Waals surface area contributed by atoms with Gasteiger partial charge >= 0.3 is 5.97 Å². The van der Waals surface area contributed by atoms with Crippen molar-refractivity contribution in [1.82, 2.24) is 14.7 Å². The molecule has 5 aliphatic heterocycles. The van der Waals surface area contributed by atoms with Crippen LogP contribution in [0.25, 0.3) is 0 Å². The molecule has 0 bridgehead atoms. The van der Waals surface area contributed by atoms with Gasteiger partial charge in [0.2, 0.25) is 11.8 Å². The molecule has 0 radical (unpaired) electrons. The van der Waals surface area contributed by atoms with Crippen LogP contribution in [0.4, 0.5) is 0 Å². The monoisotopic (exact) mass is 533 g/mol. The number of allylic oxidation sites excluding steroid dienone is 1. The number of carbonyl (C=O) groups excluding carboxylic acids is 3. The molecule has 1 spiro atoms. The maximum atomic E-state index is 14.2. The summed E-state index contributed by atoms with van der Waals surface area (Å²) in [6.07, 6.45) is 12.0. The second-order valence-corrected chi connectivity index (χ2v) is 12.0. The van der Waals surface area contributed by atoms with Gasteiger partial charge in [-0.25, -0.2) is 0 Å². The van der Waals surface area contributed by atoms with Crippen LogP contribution in [0.3, 0.4) is 0 Å². The molecule has 1 unspecified atom stereocenters. The number of rotatable bonds is 8. The third-order valence-electron chi connectivity index (χ3n) is 8.28. The van der Waals surface area contributed by atoms with Crippen LogP contribution < -0.4 is 0 Å². The molecule has 3 saturated heterocycles. The lowest BCUT2D eigenvalue weighted by molar-refractivity contribution is -0.153. The van der Waals surface area contributed by atoms with E-state index in [1.54, 1.807) is 16.7 Å². The Hall–Kier alpha value is -1.88. The lowest BCUT2D eigenvalue weighted by atomic mass is 9.78. The van der Waals surface area contributed by atoms with Crippen LogP contribution >= 0.6 is 11.8 Å². The summed E-state index contributed by atoms with van der Waals surface area (Å²) in [5.41, 5.74) is 0. The van der Waals surface area contributed by atoms with Gasteiger partial charge in [-0.05, 0) is 32.1 Å². The standard InChI is InChI=1S/C27H39N3O6S/c31-16-5-2-4-11-30-23-25(33)29(13-12-28-14-18-35-19-15-28)10-7-9-27(23)22(24(30)32)21-20(37-27)8-3-1-6-17-36-26(21)34/h3,7-9,20-23,31H,1-2,4-6,10-19H2/b8-3-/t20-,21+,22+,23?,27+/m1/s1. The van der Waals surface area contributed by atoms with E-state index in [1.807, 2.05) is 11.0 Å². The molecule has 5 rings (SSSR count). The molecule has 5 heterocycles. The summed E-state index contributed by atoms with van der Waals surface area (Å²) >= 11 is 1.60. The maximum Gasteiger partial charge on any atom is 0.311 e. The highest BCUT2D eigenvalue weighted by molar-refractivity contribution is 8.02. The first-order valence-corrected chi connectivity index (χ1v) is 14.6. The Morgan fingerprint density at radius 2 is 1.84 bits per heavy atom. The number of unbranched alkanes of at least 4 members (excludes halogenated alkanes) is 2. The minimum atomic E-state index is -0.795. The molecule has 204 valence electrons. The third-order valence-corrected chi connectivity index (χ3v) is 10.0. The number of hydrogen-bond donors (Lipinski definition) is 1. The smallest absolute Gasteiger partial charge is 0.311 e. The normalized spacial score (nSPS) is 35.2. The fourth-order valence-corrected chi connectivity index (χ4v) is 8.40. The Kier molecular flexibility index (Phi) is 8.58. The number of amides is 2. The Labute approximate surface area is 223 Å². The van der Waals surface area contributed by atoms with Crippen LogP contribution in [0.5, 0.6) is 0 Å². The Balaban J connectivity index is 1.44. The zero-order valence-electron chi connectivity index (χ0n) is 21.5. The number of likely N-dealkylation sites (tertiary alicyclic amines) is 1. The topological polar surface area (TPSA) is 99.6 Å². The van der Waals surface area contributed by atoms with Crippen molar-refractivity contribution in [3.05, 3.63) is 24.3 Å². The van der Waals surface area contributed by atoms with Crippen LogP contribution in [0, 0.1) is 11.8 Å². The van der Waals surface area contributed by atoms with Gasteiger partial charge in [0.25, 0.3) is 0 Å². The van der Waals surface area contributed by atoms with Gasteiger partial charge in [-0.2, -0.15) is 0 Å². The van der Waals surface area contributed by atoms with Crippen LogP contribution in [0.1, 0.15) is 32.1 Å². The van der Waals surface area contributed by atoms with Crippen LogP contribution in [0.15, 0.2) is 24.3 Å². The van der Waals surface area contributed by atoms with Crippen molar-refractivity contribution in [1.29, 1.82) is 0 Å². The number of hydrogen-bond acceptors (Lipinski definition) is 8. The van der Waals surface area contributed by atoms with Crippen molar-refractivity contribution >= 4 is 29.5 Å². The molecule has 9 nitrogen and oxygen atoms in total. The highest BCUT2D eigenvalue weighted by Gasteiger charge is 2.70. The molecule has 10 heteroatoms. The van der Waals surface area contributed by atoms with Crippen molar-refractivity contribution < 1.29 is 29.0 Å². The summed E-state index contributed by atoms with van der Waals surface area (Å²) in [7, 11) is 0. The fourth-order valence-electron chi connectivity index (χ4n) is 6.40. The van der Waals surface area contributed by atoms with E-state index in [2.05, 4.69) is 23.1 Å². The molecule has 2 amide bonds. The molecule has 5 aliphatic rings. The van der Waals surface area contributed by atoms with Crippen molar-refractivity contribution in [3.8, 4) is 0 Å². The van der Waals surface area contributed by atoms with Gasteiger partial charge in [0.15, 0.2) is 0 Å². The number of fused-ring (bicyclic) bond motifs is 2. The van der Waals surface area contributed by atoms with Gasteiger partial charge in [0, 0.05) is 51.1 Å². The highest BCUT2D eigenvalue weighted by Crippen LogP contribution is 2.60. The van der Waals surface area contributed by atoms with Gasteiger partial charge in [-0.3, -0.25) is 19.3 Å². The predicted molar refractivity (Wildman–Crippen MR) is 140 cm³/mol. The van der Waals surface area contributed by atoms with E-state index in [4.69, 9.17) is 9.47 Å². The van der Waals surface area contributed by atoms with E-state index >= 15 is 0 Å². The molecule has 0 saturated carbocycles. The molecule has 0 aromatic carbocycles. The van der Waals surface area contributed by atoms with Gasteiger partial charge in [-0.15, -0.1) is 11.8 Å². The summed E-state index contributed by atoms with van der Waals surface area (Å²) in [6.45, 7) is 5.89. The Morgan fingerprint density at radius 3 is 2.65 bits per heavy atom. The molecule has 0 aromatic heterocycles. The molecule has 5 atom stereocenters. The molecular formula is C27H39N3O6S. The van der Waals surface area contributed by atoms with Crippen LogP contribution in [0.2, 0.25) is 0 Å². The molecule has 0 aliphatic carbocycles. The first-order valence-electron chi connectivity index (χ1n) is 13.8. The molecule has 1 N–H and O–H groups in total. The molecule has 0 aromatic rings. The molecule has 3 fully saturated rings. The SMILES string of the molecule is O=C1OCCC/C=C\[C@H]2S[C@]34C=CCN(CCN5CCOCC5)C(=O)C3N(CCCCCO)C(=O)[C@@H]4[C@@H]12. The van der Waals surface area contributed by atoms with Crippen LogP contribution in [-0.2, 0) is 23.9 Å². The summed E-state index contributed by atoms with van der Waals surface area (Å²) < 4.78 is 10.3. The lowest BCUT2D eigenvalue weighted by Crippen LogP contribution is -2.54. The largest absolute Gasteiger partial charge is 0.465 e. The van der Waals surface area contributed by atoms with Crippen molar-refractivity contribution in [2.75, 3.05) is 65.7 Å². The zero-order chi connectivity index (χ0) is 25.8. The second kappa shape index (κ2) is 11.9. The maximum absolute atomic E-state index is 14.2. The van der Waals surface area contributed by atoms with Gasteiger partial charge in [0.05, 0.1) is 36.4 Å². The lowest BCUT2D eigenvalue weighted by Gasteiger charge is -2.36. The third kappa shape index (κ3) is 5.22. The van der Waals surface area contributed by atoms with E-state index < -0.39 is 22.6 Å². The Bertz CT molecular complexity index is 922. The number of ether oxygens (including phenoxy) is 2. The van der Waals surface area contributed by atoms with E-state index in [-0.39, 0.29) is 29.6 Å². The number of nitrogens with zero attached hydrogens (tertiary/aromatic N) is 3. The van der Waals surface area contributed by atoms with Crippen molar-refractivity contribution in [2.45, 2.75) is 48.1 Å². The van der Waals surface area contributed by atoms with E-state index in [9.17, 15) is 19.5 Å². The molecular weight excluding hydrogens is 494 g/mol. The highest BCUT2D eigenvalue weighted by atomic mass is 32.2. The zero-order valence-corrected chi connectivity index (χ0v) is 22.3. The number of cyclic esters (lactones) is 1. The molecule has 37 heavy (non-hydrogen) atoms. The average Bonchev–Trinajstić information content (AvgIpc) is 3.31. The number of thioether (sulfide) groups is 1. The minimum Gasteiger partial charge on any atom is -0.465 e. The summed E-state index contributed by atoms with van der Waals surface area (Å²) in [5.74, 6) is -1.71. The van der Waals surface area contributed by atoms with E-state index in [1.165, 1.54) is 0 Å². The van der Waals surface area contributed by atoms with Crippen LogP contribution in [-0.4, -0.2) is 119 Å². The number of morpholine rings is 1. The summed E-state index contributed by atoms with van der Waals surface area (Å²) in [4.78, 5) is 47.5. The van der Waals surface area contributed by atoms with Gasteiger partial charge in [-0.1, -0.05) is 24.3 Å². The van der Waals surface area contributed by atoms with E-state index in [0.717, 1.165) is 38.9 Å². The minimum absolute atomic E-state index is 0.0346. The average molecular weight is 534 g/mol. The van der Waals surface area contributed by atoms with Crippen molar-refractivity contribution in [3.63, 3.8) is 0 Å². The first kappa shape index (κ1) is 26.7. The first-order chi connectivity index (χ1) is 18.1. The van der Waals surface area contributed by atoms with Gasteiger partial charge in [0.1, 0.15) is 6.04 Å². The quantitative estimate of drug-likeness (QED) is 0.281. The number of aliphatic hydroxyl groups is 1. The number of esters is 1. The van der Waals surface area contributed by atoms with E-state index in [0.29, 0.717) is 52.3 Å². The van der Waals surface area contributed by atoms with Crippen molar-refractivity contribution in [2.24, 2.45) is 11.8 Å². The number of aliphatic hydroxyl groups excluding tert-OH is 1. The number of carbonyl (C=O) groups is 3. The Morgan fingerprint density at radius 1 is 1.00 bits per heavy atom. The fraction of sp³-hybridized carbons (Fsp3) is 0.741. The summed E-state index contributed by atoms with van der Waals surface area (Å²) in [5, 5.41) is 9.02. The second-order valence-electron chi connectivity index (χ2n) is 10.5. The predicted octanol–water partition coefficient (Wildman–Crippen LogP) is 1.07. The summed E-state index contributed by atoms with van der Waals surface area (Å²) in [6, 6.07) is -0.649.